The van der Waals surface area contributed by atoms with Gasteiger partial charge in [-0.3, -0.25) is 4.79 Å². The SMILES string of the molecule is NCC(C(=O)O)C1CCSC1. The highest BCUT2D eigenvalue weighted by Crippen LogP contribution is 2.29. The first kappa shape index (κ1) is 8.87. The van der Waals surface area contributed by atoms with Crippen molar-refractivity contribution in [2.75, 3.05) is 18.1 Å². The first-order chi connectivity index (χ1) is 5.25. The monoisotopic (exact) mass is 175 g/mol. The van der Waals surface area contributed by atoms with Crippen LogP contribution in [-0.2, 0) is 4.79 Å². The van der Waals surface area contributed by atoms with Crippen molar-refractivity contribution < 1.29 is 9.90 Å². The van der Waals surface area contributed by atoms with Crippen molar-refractivity contribution >= 4 is 17.7 Å². The third-order valence-electron chi connectivity index (χ3n) is 2.11. The van der Waals surface area contributed by atoms with Gasteiger partial charge in [0.05, 0.1) is 5.92 Å². The summed E-state index contributed by atoms with van der Waals surface area (Å²) in [7, 11) is 0. The van der Waals surface area contributed by atoms with Crippen LogP contribution in [0, 0.1) is 11.8 Å². The lowest BCUT2D eigenvalue weighted by atomic mass is 9.92. The van der Waals surface area contributed by atoms with Gasteiger partial charge < -0.3 is 10.8 Å². The van der Waals surface area contributed by atoms with Crippen LogP contribution < -0.4 is 5.73 Å². The minimum atomic E-state index is -0.736. The van der Waals surface area contributed by atoms with Crippen LogP contribution in [0.3, 0.4) is 0 Å². The topological polar surface area (TPSA) is 63.3 Å². The largest absolute Gasteiger partial charge is 0.481 e. The van der Waals surface area contributed by atoms with Gasteiger partial charge in [0, 0.05) is 6.54 Å². The van der Waals surface area contributed by atoms with Crippen LogP contribution in [0.1, 0.15) is 6.42 Å². The van der Waals surface area contributed by atoms with Crippen LogP contribution in [0.4, 0.5) is 0 Å². The van der Waals surface area contributed by atoms with Crippen LogP contribution in [0.2, 0.25) is 0 Å². The van der Waals surface area contributed by atoms with Gasteiger partial charge in [-0.05, 0) is 23.8 Å². The van der Waals surface area contributed by atoms with E-state index in [0.29, 0.717) is 5.92 Å². The number of hydrogen-bond acceptors (Lipinski definition) is 3. The third kappa shape index (κ3) is 2.10. The maximum atomic E-state index is 10.6. The second-order valence-electron chi connectivity index (χ2n) is 2.80. The zero-order valence-electron chi connectivity index (χ0n) is 6.32. The molecule has 1 saturated heterocycles. The quantitative estimate of drug-likeness (QED) is 0.651. The summed E-state index contributed by atoms with van der Waals surface area (Å²) in [6.45, 7) is 0.278. The second-order valence-corrected chi connectivity index (χ2v) is 3.95. The minimum Gasteiger partial charge on any atom is -0.481 e. The molecule has 4 heteroatoms. The van der Waals surface area contributed by atoms with Gasteiger partial charge in [0.25, 0.3) is 0 Å². The molecule has 0 bridgehead atoms. The maximum Gasteiger partial charge on any atom is 0.308 e. The lowest BCUT2D eigenvalue weighted by Crippen LogP contribution is -2.30. The number of rotatable bonds is 3. The molecule has 0 saturated carbocycles. The Hall–Kier alpha value is -0.220. The van der Waals surface area contributed by atoms with Crippen molar-refractivity contribution in [1.82, 2.24) is 0 Å². The van der Waals surface area contributed by atoms with Crippen LogP contribution in [-0.4, -0.2) is 29.1 Å². The number of carbonyl (C=O) groups is 1. The second kappa shape index (κ2) is 3.97. The Morgan fingerprint density at radius 1 is 1.82 bits per heavy atom. The van der Waals surface area contributed by atoms with Gasteiger partial charge in [-0.2, -0.15) is 11.8 Å². The van der Waals surface area contributed by atoms with E-state index in [1.807, 2.05) is 11.8 Å². The molecule has 0 radical (unpaired) electrons. The number of nitrogens with two attached hydrogens (primary N) is 1. The summed E-state index contributed by atoms with van der Waals surface area (Å²) in [6.07, 6.45) is 1.01. The van der Waals surface area contributed by atoms with Crippen molar-refractivity contribution in [2.24, 2.45) is 17.6 Å². The van der Waals surface area contributed by atoms with Gasteiger partial charge in [-0.25, -0.2) is 0 Å². The molecule has 0 aliphatic carbocycles. The summed E-state index contributed by atoms with van der Waals surface area (Å²) in [5.41, 5.74) is 5.36. The minimum absolute atomic E-state index is 0.278. The Kier molecular flexibility index (Phi) is 3.20. The van der Waals surface area contributed by atoms with E-state index in [9.17, 15) is 4.79 Å². The molecule has 1 aliphatic rings. The van der Waals surface area contributed by atoms with E-state index in [1.54, 1.807) is 0 Å². The molecule has 0 amide bonds. The number of carboxylic acid groups (broad SMARTS) is 1. The lowest BCUT2D eigenvalue weighted by Gasteiger charge is -2.15. The Balaban J connectivity index is 2.46. The van der Waals surface area contributed by atoms with E-state index in [2.05, 4.69) is 0 Å². The first-order valence-corrected chi connectivity index (χ1v) is 4.91. The van der Waals surface area contributed by atoms with E-state index < -0.39 is 5.97 Å². The van der Waals surface area contributed by atoms with Crippen LogP contribution in [0.15, 0.2) is 0 Å². The summed E-state index contributed by atoms with van der Waals surface area (Å²) < 4.78 is 0. The maximum absolute atomic E-state index is 10.6. The molecule has 0 spiro atoms. The van der Waals surface area contributed by atoms with Crippen LogP contribution in [0.5, 0.6) is 0 Å². The average Bonchev–Trinajstić information content (AvgIpc) is 2.40. The molecule has 3 N–H and O–H groups in total. The molecular formula is C7H13NO2S. The van der Waals surface area contributed by atoms with E-state index in [0.717, 1.165) is 17.9 Å². The van der Waals surface area contributed by atoms with Crippen molar-refractivity contribution in [2.45, 2.75) is 6.42 Å². The van der Waals surface area contributed by atoms with E-state index in [1.165, 1.54) is 0 Å². The predicted octanol–water partition coefficient (Wildman–Crippen LogP) is 0.399. The summed E-state index contributed by atoms with van der Waals surface area (Å²) >= 11 is 1.82. The zero-order chi connectivity index (χ0) is 8.27. The van der Waals surface area contributed by atoms with Gasteiger partial charge in [0.1, 0.15) is 0 Å². The summed E-state index contributed by atoms with van der Waals surface area (Å²) in [5.74, 6) is 1.32. The van der Waals surface area contributed by atoms with Gasteiger partial charge in [0.2, 0.25) is 0 Å². The van der Waals surface area contributed by atoms with Gasteiger partial charge >= 0.3 is 5.97 Å². The molecule has 0 aromatic rings. The van der Waals surface area contributed by atoms with Gasteiger partial charge in [-0.1, -0.05) is 0 Å². The highest BCUT2D eigenvalue weighted by molar-refractivity contribution is 7.99. The lowest BCUT2D eigenvalue weighted by molar-refractivity contribution is -0.142. The molecule has 1 aliphatic heterocycles. The summed E-state index contributed by atoms with van der Waals surface area (Å²) in [4.78, 5) is 10.6. The average molecular weight is 175 g/mol. The summed E-state index contributed by atoms with van der Waals surface area (Å²) in [5, 5.41) is 8.74. The molecule has 2 unspecified atom stereocenters. The fourth-order valence-corrected chi connectivity index (χ4v) is 2.70. The molecule has 1 heterocycles. The van der Waals surface area contributed by atoms with E-state index in [-0.39, 0.29) is 12.5 Å². The van der Waals surface area contributed by atoms with Crippen LogP contribution >= 0.6 is 11.8 Å². The first-order valence-electron chi connectivity index (χ1n) is 3.76. The van der Waals surface area contributed by atoms with Crippen molar-refractivity contribution in [3.63, 3.8) is 0 Å². The molecule has 64 valence electrons. The molecule has 1 rings (SSSR count). The molecule has 11 heavy (non-hydrogen) atoms. The predicted molar refractivity (Wildman–Crippen MR) is 45.6 cm³/mol. The molecule has 1 fully saturated rings. The Bertz CT molecular complexity index is 145. The van der Waals surface area contributed by atoms with Crippen molar-refractivity contribution in [1.29, 1.82) is 0 Å². The van der Waals surface area contributed by atoms with Gasteiger partial charge in [0.15, 0.2) is 0 Å². The molecule has 0 aromatic heterocycles. The molecule has 2 atom stereocenters. The number of hydrogen-bond donors (Lipinski definition) is 2. The van der Waals surface area contributed by atoms with Crippen LogP contribution in [0.25, 0.3) is 0 Å². The summed E-state index contributed by atoms with van der Waals surface area (Å²) in [6, 6.07) is 0. The Morgan fingerprint density at radius 2 is 2.55 bits per heavy atom. The van der Waals surface area contributed by atoms with E-state index in [4.69, 9.17) is 10.8 Å². The standard InChI is InChI=1S/C7H13NO2S/c8-3-6(7(9)10)5-1-2-11-4-5/h5-6H,1-4,8H2,(H,9,10). The fourth-order valence-electron chi connectivity index (χ4n) is 1.36. The highest BCUT2D eigenvalue weighted by atomic mass is 32.2. The van der Waals surface area contributed by atoms with E-state index >= 15 is 0 Å². The smallest absolute Gasteiger partial charge is 0.308 e. The molecular weight excluding hydrogens is 162 g/mol. The molecule has 0 aromatic carbocycles. The Labute approximate surface area is 70.3 Å². The number of carboxylic acids is 1. The highest BCUT2D eigenvalue weighted by Gasteiger charge is 2.29. The Morgan fingerprint density at radius 3 is 2.91 bits per heavy atom. The fraction of sp³-hybridized carbons (Fsp3) is 0.857. The van der Waals surface area contributed by atoms with Crippen molar-refractivity contribution in [3.05, 3.63) is 0 Å². The van der Waals surface area contributed by atoms with Crippen molar-refractivity contribution in [3.8, 4) is 0 Å². The normalized spacial score (nSPS) is 26.8. The zero-order valence-corrected chi connectivity index (χ0v) is 7.14. The third-order valence-corrected chi connectivity index (χ3v) is 3.29. The van der Waals surface area contributed by atoms with Gasteiger partial charge in [-0.15, -0.1) is 0 Å². The molecule has 3 nitrogen and oxygen atoms in total. The number of aliphatic carboxylic acids is 1. The number of thioether (sulfide) groups is 1.